The molecule has 1 saturated carbocycles. The summed E-state index contributed by atoms with van der Waals surface area (Å²) >= 11 is 6.27. The number of benzene rings is 1. The van der Waals surface area contributed by atoms with Gasteiger partial charge in [-0.15, -0.1) is 0 Å². The number of nitrogens with zero attached hydrogens (tertiary/aromatic N) is 3. The summed E-state index contributed by atoms with van der Waals surface area (Å²) in [6.07, 6.45) is 5.79. The molecule has 1 amide bonds. The first-order valence-corrected chi connectivity index (χ1v) is 12.2. The van der Waals surface area contributed by atoms with Gasteiger partial charge in [-0.2, -0.15) is 0 Å². The van der Waals surface area contributed by atoms with Gasteiger partial charge in [0.1, 0.15) is 5.82 Å². The second kappa shape index (κ2) is 9.36. The van der Waals surface area contributed by atoms with E-state index in [2.05, 4.69) is 46.5 Å². The number of ether oxygens (including phenoxy) is 1. The zero-order valence-electron chi connectivity index (χ0n) is 18.6. The summed E-state index contributed by atoms with van der Waals surface area (Å²) < 4.78 is 5.35. The summed E-state index contributed by atoms with van der Waals surface area (Å²) in [5.41, 5.74) is 4.88. The average molecular weight is 455 g/mol. The fraction of sp³-hybridized carbons (Fsp3) is 0.560. The summed E-state index contributed by atoms with van der Waals surface area (Å²) in [4.78, 5) is 23.5. The second-order valence-corrected chi connectivity index (χ2v) is 9.72. The van der Waals surface area contributed by atoms with E-state index in [1.54, 1.807) is 0 Å². The van der Waals surface area contributed by atoms with Crippen molar-refractivity contribution in [2.45, 2.75) is 57.4 Å². The molecule has 2 heterocycles. The molecule has 2 aliphatic carbocycles. The fourth-order valence-electron chi connectivity index (χ4n) is 4.93. The molecule has 2 unspecified atom stereocenters. The van der Waals surface area contributed by atoms with Crippen LogP contribution in [0.25, 0.3) is 0 Å². The monoisotopic (exact) mass is 454 g/mol. The van der Waals surface area contributed by atoms with E-state index in [1.807, 2.05) is 4.90 Å². The second-order valence-electron chi connectivity index (χ2n) is 9.38. The van der Waals surface area contributed by atoms with Crippen LogP contribution in [0.2, 0.25) is 5.28 Å². The molecule has 1 aliphatic heterocycles. The van der Waals surface area contributed by atoms with Crippen molar-refractivity contribution in [3.63, 3.8) is 0 Å². The van der Waals surface area contributed by atoms with Gasteiger partial charge in [-0.25, -0.2) is 9.97 Å². The maximum absolute atomic E-state index is 12.5. The first-order valence-electron chi connectivity index (χ1n) is 11.8. The van der Waals surface area contributed by atoms with Gasteiger partial charge in [0.25, 0.3) is 0 Å². The number of anilines is 1. The van der Waals surface area contributed by atoms with Crippen LogP contribution in [0.1, 0.15) is 67.0 Å². The van der Waals surface area contributed by atoms with Gasteiger partial charge in [0.15, 0.2) is 0 Å². The van der Waals surface area contributed by atoms with Gasteiger partial charge >= 0.3 is 0 Å². The van der Waals surface area contributed by atoms with Gasteiger partial charge in [0.05, 0.1) is 18.9 Å². The molecule has 0 spiro atoms. The van der Waals surface area contributed by atoms with Crippen LogP contribution in [0, 0.1) is 5.92 Å². The predicted octanol–water partition coefficient (Wildman–Crippen LogP) is 4.53. The molecular formula is C25H31ClN4O2. The van der Waals surface area contributed by atoms with Crippen LogP contribution in [0.4, 0.5) is 5.82 Å². The molecule has 6 nitrogen and oxygen atoms in total. The fourth-order valence-corrected chi connectivity index (χ4v) is 5.11. The molecule has 3 aliphatic rings. The number of morpholine rings is 1. The van der Waals surface area contributed by atoms with E-state index in [0.717, 1.165) is 42.3 Å². The topological polar surface area (TPSA) is 67.4 Å². The molecule has 0 bridgehead atoms. The minimum atomic E-state index is 0.130. The minimum absolute atomic E-state index is 0.130. The summed E-state index contributed by atoms with van der Waals surface area (Å²) in [6, 6.07) is 9.01. The van der Waals surface area contributed by atoms with Crippen LogP contribution in [0.5, 0.6) is 0 Å². The number of hydrogen-bond donors (Lipinski definition) is 1. The summed E-state index contributed by atoms with van der Waals surface area (Å²) in [6.45, 7) is 4.87. The van der Waals surface area contributed by atoms with Crippen molar-refractivity contribution >= 4 is 23.3 Å². The minimum Gasteiger partial charge on any atom is -0.378 e. The van der Waals surface area contributed by atoms with Crippen LogP contribution in [0.15, 0.2) is 24.3 Å². The van der Waals surface area contributed by atoms with E-state index in [1.165, 1.54) is 24.0 Å². The number of amides is 1. The highest BCUT2D eigenvalue weighted by Gasteiger charge is 2.29. The van der Waals surface area contributed by atoms with E-state index in [9.17, 15) is 4.79 Å². The SMILES string of the molecule is CC(Nc1nc(Cl)nc2c1CC(CCC(=O)N1CCOCC1)C2)c1cccc(C2CC2)c1. The first kappa shape index (κ1) is 21.7. The van der Waals surface area contributed by atoms with Gasteiger partial charge in [0, 0.05) is 31.1 Å². The van der Waals surface area contributed by atoms with Gasteiger partial charge in [0.2, 0.25) is 11.2 Å². The number of halogens is 1. The van der Waals surface area contributed by atoms with Crippen molar-refractivity contribution in [3.8, 4) is 0 Å². The lowest BCUT2D eigenvalue weighted by Gasteiger charge is -2.27. The smallest absolute Gasteiger partial charge is 0.224 e. The lowest BCUT2D eigenvalue weighted by Crippen LogP contribution is -2.40. The number of carbonyl (C=O) groups excluding carboxylic acids is 1. The first-order chi connectivity index (χ1) is 15.6. The Kier molecular flexibility index (Phi) is 6.33. The number of hydrogen-bond acceptors (Lipinski definition) is 5. The Labute approximate surface area is 194 Å². The number of nitrogens with one attached hydrogen (secondary N) is 1. The van der Waals surface area contributed by atoms with Gasteiger partial charge in [-0.3, -0.25) is 4.79 Å². The summed E-state index contributed by atoms with van der Waals surface area (Å²) in [5.74, 6) is 2.21. The zero-order valence-corrected chi connectivity index (χ0v) is 19.4. The number of aromatic nitrogens is 2. The number of carbonyl (C=O) groups is 1. The van der Waals surface area contributed by atoms with Crippen molar-refractivity contribution in [1.29, 1.82) is 0 Å². The summed E-state index contributed by atoms with van der Waals surface area (Å²) in [7, 11) is 0. The molecule has 2 atom stereocenters. The summed E-state index contributed by atoms with van der Waals surface area (Å²) in [5, 5.41) is 3.89. The van der Waals surface area contributed by atoms with Gasteiger partial charge in [-0.05, 0) is 73.6 Å². The third-order valence-corrected chi connectivity index (χ3v) is 7.15. The molecule has 1 aromatic carbocycles. The third-order valence-electron chi connectivity index (χ3n) is 6.98. The average Bonchev–Trinajstić information content (AvgIpc) is 3.58. The molecule has 0 radical (unpaired) electrons. The van der Waals surface area contributed by atoms with E-state index in [4.69, 9.17) is 16.3 Å². The van der Waals surface area contributed by atoms with Crippen LogP contribution in [-0.2, 0) is 22.4 Å². The molecule has 2 fully saturated rings. The van der Waals surface area contributed by atoms with Crippen LogP contribution in [-0.4, -0.2) is 47.1 Å². The Bertz CT molecular complexity index is 988. The quantitative estimate of drug-likeness (QED) is 0.622. The Morgan fingerprint density at radius 3 is 2.84 bits per heavy atom. The molecule has 1 N–H and O–H groups in total. The Morgan fingerprint density at radius 1 is 1.25 bits per heavy atom. The number of rotatable bonds is 7. The molecular weight excluding hydrogens is 424 g/mol. The largest absolute Gasteiger partial charge is 0.378 e. The van der Waals surface area contributed by atoms with Crippen molar-refractivity contribution in [2.24, 2.45) is 5.92 Å². The molecule has 7 heteroatoms. The van der Waals surface area contributed by atoms with Crippen LogP contribution >= 0.6 is 11.6 Å². The highest BCUT2D eigenvalue weighted by atomic mass is 35.5. The molecule has 2 aromatic rings. The third kappa shape index (κ3) is 4.91. The molecule has 5 rings (SSSR count). The maximum atomic E-state index is 12.5. The highest BCUT2D eigenvalue weighted by Crippen LogP contribution is 2.41. The van der Waals surface area contributed by atoms with Crippen molar-refractivity contribution in [2.75, 3.05) is 31.6 Å². The predicted molar refractivity (Wildman–Crippen MR) is 125 cm³/mol. The lowest BCUT2D eigenvalue weighted by atomic mass is 9.99. The van der Waals surface area contributed by atoms with Crippen molar-refractivity contribution in [1.82, 2.24) is 14.9 Å². The van der Waals surface area contributed by atoms with Crippen LogP contribution < -0.4 is 5.32 Å². The Morgan fingerprint density at radius 2 is 2.06 bits per heavy atom. The highest BCUT2D eigenvalue weighted by molar-refractivity contribution is 6.28. The normalized spacial score (nSPS) is 21.3. The van der Waals surface area contributed by atoms with Gasteiger partial charge < -0.3 is 15.0 Å². The van der Waals surface area contributed by atoms with Crippen molar-refractivity contribution < 1.29 is 9.53 Å². The lowest BCUT2D eigenvalue weighted by molar-refractivity contribution is -0.135. The molecule has 32 heavy (non-hydrogen) atoms. The van der Waals surface area contributed by atoms with Crippen molar-refractivity contribution in [3.05, 3.63) is 51.9 Å². The number of fused-ring (bicyclic) bond motifs is 1. The molecule has 1 saturated heterocycles. The Hall–Kier alpha value is -2.18. The van der Waals surface area contributed by atoms with Crippen LogP contribution in [0.3, 0.4) is 0 Å². The van der Waals surface area contributed by atoms with E-state index in [0.29, 0.717) is 38.6 Å². The maximum Gasteiger partial charge on any atom is 0.224 e. The molecule has 170 valence electrons. The van der Waals surface area contributed by atoms with Gasteiger partial charge in [-0.1, -0.05) is 24.3 Å². The van der Waals surface area contributed by atoms with E-state index >= 15 is 0 Å². The van der Waals surface area contributed by atoms with E-state index < -0.39 is 0 Å². The zero-order chi connectivity index (χ0) is 22.1. The Balaban J connectivity index is 1.24. The molecule has 1 aromatic heterocycles. The standard InChI is InChI=1S/C25H31ClN4O2/c1-16(19-3-2-4-20(15-19)18-6-7-18)27-24-21-13-17(14-22(21)28-25(26)29-24)5-8-23(31)30-9-11-32-12-10-30/h2-4,15-18H,5-14H2,1H3,(H,27,28,29). The van der Waals surface area contributed by atoms with E-state index in [-0.39, 0.29) is 17.2 Å².